The number of benzene rings is 1. The van der Waals surface area contributed by atoms with Crippen LogP contribution in [0.25, 0.3) is 10.9 Å². The number of pyridine rings is 1. The van der Waals surface area contributed by atoms with Gasteiger partial charge < -0.3 is 4.74 Å². The highest BCUT2D eigenvalue weighted by Gasteiger charge is 2.33. The Labute approximate surface area is 111 Å². The number of alkyl halides is 3. The summed E-state index contributed by atoms with van der Waals surface area (Å²) in [4.78, 5) is 15.0. The van der Waals surface area contributed by atoms with Crippen LogP contribution in [0, 0.1) is 0 Å². The van der Waals surface area contributed by atoms with Gasteiger partial charge in [0, 0.05) is 5.39 Å². The van der Waals surface area contributed by atoms with Crippen LogP contribution in [-0.4, -0.2) is 18.1 Å². The van der Waals surface area contributed by atoms with Crippen molar-refractivity contribution in [3.05, 3.63) is 40.5 Å². The number of halogens is 4. The van der Waals surface area contributed by atoms with Crippen molar-refractivity contribution in [3.63, 3.8) is 0 Å². The van der Waals surface area contributed by atoms with Gasteiger partial charge in [-0.25, -0.2) is 9.78 Å². The Balaban J connectivity index is 2.80. The van der Waals surface area contributed by atoms with Gasteiger partial charge in [-0.05, 0) is 12.1 Å². The molecule has 0 spiro atoms. The lowest BCUT2D eigenvalue weighted by molar-refractivity contribution is -0.136. The van der Waals surface area contributed by atoms with E-state index < -0.39 is 17.7 Å². The van der Waals surface area contributed by atoms with Crippen LogP contribution in [0.3, 0.4) is 0 Å². The molecule has 1 aromatic heterocycles. The van der Waals surface area contributed by atoms with Crippen LogP contribution < -0.4 is 0 Å². The summed E-state index contributed by atoms with van der Waals surface area (Å²) in [6, 6.07) is 4.69. The van der Waals surface area contributed by atoms with Gasteiger partial charge in [0.1, 0.15) is 0 Å². The number of nitrogens with zero attached hydrogens (tertiary/aromatic N) is 1. The summed E-state index contributed by atoms with van der Waals surface area (Å²) in [5.74, 6) is -0.847. The van der Waals surface area contributed by atoms with Crippen molar-refractivity contribution in [2.75, 3.05) is 7.11 Å². The van der Waals surface area contributed by atoms with E-state index in [1.165, 1.54) is 18.2 Å². The first-order valence-electron chi connectivity index (χ1n) is 5.09. The van der Waals surface area contributed by atoms with Gasteiger partial charge in [-0.1, -0.05) is 23.7 Å². The van der Waals surface area contributed by atoms with Crippen molar-refractivity contribution < 1.29 is 22.7 Å². The summed E-state index contributed by atoms with van der Waals surface area (Å²) in [5, 5.41) is 0.139. The zero-order chi connectivity index (χ0) is 14.2. The number of rotatable bonds is 1. The predicted octanol–water partition coefficient (Wildman–Crippen LogP) is 3.69. The fraction of sp³-hybridized carbons (Fsp3) is 0.167. The summed E-state index contributed by atoms with van der Waals surface area (Å²) >= 11 is 5.87. The number of methoxy groups -OCH3 is 1. The number of fused-ring (bicyclic) bond motifs is 1. The lowest BCUT2D eigenvalue weighted by Gasteiger charge is -2.11. The van der Waals surface area contributed by atoms with E-state index in [1.54, 1.807) is 0 Å². The Morgan fingerprint density at radius 2 is 2.05 bits per heavy atom. The SMILES string of the molecule is COC(=O)c1cc(Cl)c2cccc(C(F)(F)F)c2n1. The van der Waals surface area contributed by atoms with Gasteiger partial charge in [0.15, 0.2) is 5.69 Å². The predicted molar refractivity (Wildman–Crippen MR) is 63.1 cm³/mol. The Kier molecular flexibility index (Phi) is 3.36. The molecule has 0 bridgehead atoms. The smallest absolute Gasteiger partial charge is 0.418 e. The quantitative estimate of drug-likeness (QED) is 0.752. The first kappa shape index (κ1) is 13.6. The molecule has 0 aliphatic heterocycles. The maximum Gasteiger partial charge on any atom is 0.418 e. The molecule has 2 rings (SSSR count). The average Bonchev–Trinajstić information content (AvgIpc) is 2.35. The van der Waals surface area contributed by atoms with Crippen molar-refractivity contribution in [3.8, 4) is 0 Å². The first-order valence-corrected chi connectivity index (χ1v) is 5.47. The zero-order valence-electron chi connectivity index (χ0n) is 9.58. The van der Waals surface area contributed by atoms with E-state index in [-0.39, 0.29) is 21.6 Å². The molecule has 2 aromatic rings. The van der Waals surface area contributed by atoms with E-state index in [9.17, 15) is 18.0 Å². The topological polar surface area (TPSA) is 39.2 Å². The second-order valence-corrected chi connectivity index (χ2v) is 4.09. The molecule has 0 amide bonds. The molecule has 0 aliphatic carbocycles. The summed E-state index contributed by atoms with van der Waals surface area (Å²) in [5.41, 5.74) is -1.59. The summed E-state index contributed by atoms with van der Waals surface area (Å²) in [6.45, 7) is 0. The third-order valence-corrected chi connectivity index (χ3v) is 2.80. The van der Waals surface area contributed by atoms with Crippen LogP contribution in [0.1, 0.15) is 16.1 Å². The van der Waals surface area contributed by atoms with E-state index in [0.717, 1.165) is 13.2 Å². The Bertz CT molecular complexity index is 655. The van der Waals surface area contributed by atoms with Crippen LogP contribution in [0.15, 0.2) is 24.3 Å². The first-order chi connectivity index (χ1) is 8.84. The van der Waals surface area contributed by atoms with E-state index in [0.29, 0.717) is 0 Å². The molecular formula is C12H7ClF3NO2. The molecule has 3 nitrogen and oxygen atoms in total. The molecule has 0 radical (unpaired) electrons. The van der Waals surface area contributed by atoms with Crippen LogP contribution in [0.4, 0.5) is 13.2 Å². The minimum atomic E-state index is -4.58. The lowest BCUT2D eigenvalue weighted by Crippen LogP contribution is -2.09. The Morgan fingerprint density at radius 3 is 2.63 bits per heavy atom. The van der Waals surface area contributed by atoms with Crippen molar-refractivity contribution in [2.45, 2.75) is 6.18 Å². The third-order valence-electron chi connectivity index (χ3n) is 2.49. The normalized spacial score (nSPS) is 11.6. The molecule has 0 saturated carbocycles. The molecule has 0 atom stereocenters. The number of carbonyl (C=O) groups excluding carboxylic acids is 1. The van der Waals surface area contributed by atoms with Crippen LogP contribution in [0.2, 0.25) is 5.02 Å². The molecule has 1 heterocycles. The molecule has 0 fully saturated rings. The Morgan fingerprint density at radius 1 is 1.37 bits per heavy atom. The number of esters is 1. The van der Waals surface area contributed by atoms with Gasteiger partial charge in [0.05, 0.1) is 23.2 Å². The van der Waals surface area contributed by atoms with Crippen molar-refractivity contribution in [1.29, 1.82) is 0 Å². The van der Waals surface area contributed by atoms with E-state index in [1.807, 2.05) is 0 Å². The average molecular weight is 290 g/mol. The van der Waals surface area contributed by atoms with Gasteiger partial charge in [0.2, 0.25) is 0 Å². The number of ether oxygens (including phenoxy) is 1. The monoisotopic (exact) mass is 289 g/mol. The van der Waals surface area contributed by atoms with Gasteiger partial charge >= 0.3 is 12.1 Å². The van der Waals surface area contributed by atoms with E-state index >= 15 is 0 Å². The minimum absolute atomic E-state index is 0.0106. The zero-order valence-corrected chi connectivity index (χ0v) is 10.3. The molecule has 100 valence electrons. The van der Waals surface area contributed by atoms with Crippen molar-refractivity contribution in [1.82, 2.24) is 4.98 Å². The largest absolute Gasteiger partial charge is 0.464 e. The molecule has 19 heavy (non-hydrogen) atoms. The number of hydrogen-bond donors (Lipinski definition) is 0. The molecule has 0 saturated heterocycles. The lowest BCUT2D eigenvalue weighted by atomic mass is 10.1. The second kappa shape index (κ2) is 4.70. The molecule has 1 aromatic carbocycles. The number of para-hydroxylation sites is 1. The molecule has 0 aliphatic rings. The van der Waals surface area contributed by atoms with Gasteiger partial charge in [-0.15, -0.1) is 0 Å². The fourth-order valence-corrected chi connectivity index (χ4v) is 1.90. The molecule has 0 N–H and O–H groups in total. The highest BCUT2D eigenvalue weighted by atomic mass is 35.5. The van der Waals surface area contributed by atoms with Gasteiger partial charge in [-0.3, -0.25) is 0 Å². The standard InChI is InChI=1S/C12H7ClF3NO2/c1-19-11(18)9-5-8(13)6-3-2-4-7(10(6)17-9)12(14,15)16/h2-5H,1H3. The summed E-state index contributed by atoms with van der Waals surface area (Å²) < 4.78 is 43.0. The number of carbonyl (C=O) groups is 1. The van der Waals surface area contributed by atoms with E-state index in [4.69, 9.17) is 11.6 Å². The maximum atomic E-state index is 12.9. The highest BCUT2D eigenvalue weighted by molar-refractivity contribution is 6.35. The van der Waals surface area contributed by atoms with Crippen LogP contribution in [0.5, 0.6) is 0 Å². The van der Waals surface area contributed by atoms with E-state index in [2.05, 4.69) is 9.72 Å². The van der Waals surface area contributed by atoms with Crippen molar-refractivity contribution in [2.24, 2.45) is 0 Å². The van der Waals surface area contributed by atoms with Crippen molar-refractivity contribution >= 4 is 28.5 Å². The van der Waals surface area contributed by atoms with Gasteiger partial charge in [-0.2, -0.15) is 13.2 Å². The number of aromatic nitrogens is 1. The third kappa shape index (κ3) is 2.49. The van der Waals surface area contributed by atoms with Gasteiger partial charge in [0.25, 0.3) is 0 Å². The van der Waals surface area contributed by atoms with Crippen LogP contribution >= 0.6 is 11.6 Å². The summed E-state index contributed by atoms with van der Waals surface area (Å²) in [6.07, 6.45) is -4.58. The maximum absolute atomic E-state index is 12.9. The second-order valence-electron chi connectivity index (χ2n) is 3.68. The number of hydrogen-bond acceptors (Lipinski definition) is 3. The molecule has 0 unspecified atom stereocenters. The fourth-order valence-electron chi connectivity index (χ4n) is 1.65. The highest BCUT2D eigenvalue weighted by Crippen LogP contribution is 2.36. The molecule has 7 heteroatoms. The minimum Gasteiger partial charge on any atom is -0.464 e. The Hall–Kier alpha value is -1.82. The molecular weight excluding hydrogens is 283 g/mol. The van der Waals surface area contributed by atoms with Crippen LogP contribution in [-0.2, 0) is 10.9 Å². The summed E-state index contributed by atoms with van der Waals surface area (Å²) in [7, 11) is 1.11.